The summed E-state index contributed by atoms with van der Waals surface area (Å²) in [4.78, 5) is 101. The Hall–Kier alpha value is -10.6. The van der Waals surface area contributed by atoms with Gasteiger partial charge in [0.15, 0.2) is 0 Å². The van der Waals surface area contributed by atoms with E-state index in [0.717, 1.165) is 32.1 Å². The van der Waals surface area contributed by atoms with E-state index in [0.29, 0.717) is 106 Å². The molecule has 560 valence electrons. The molecule has 11 aromatic carbocycles. The molecule has 4 aliphatic heterocycles. The third-order valence-electron chi connectivity index (χ3n) is 20.8. The van der Waals surface area contributed by atoms with Crippen molar-refractivity contribution in [3.8, 4) is 46.0 Å². The number of hydrogen-bond acceptors (Lipinski definition) is 14. The molecule has 109 heavy (non-hydrogen) atoms. The third-order valence-corrected chi connectivity index (χ3v) is 20.8. The van der Waals surface area contributed by atoms with Crippen LogP contribution >= 0.6 is 9.90 Å². The smallest absolute Gasteiger partial charge is 0.262 e. The summed E-state index contributed by atoms with van der Waals surface area (Å²) in [6, 6.07) is 55.5. The van der Waals surface area contributed by atoms with Crippen LogP contribution in [-0.4, -0.2) is 123 Å². The van der Waals surface area contributed by atoms with Gasteiger partial charge in [-0.15, -0.1) is 0 Å². The second kappa shape index (κ2) is 29.4. The first-order valence-electron chi connectivity index (χ1n) is 37.1. The lowest BCUT2D eigenvalue weighted by atomic mass is 9.80. The number of rotatable bonds is 24. The van der Waals surface area contributed by atoms with Crippen LogP contribution in [-0.2, 0) is 40.7 Å². The number of carbonyl (C=O) groups is 6. The number of ether oxygens (including phenoxy) is 6. The number of hydrogen-bond donors (Lipinski definition) is 2. The van der Waals surface area contributed by atoms with Gasteiger partial charge in [0.05, 0.1) is 47.7 Å². The molecule has 4 aliphatic rings. The molecular formula is C90H93N6O12P. The highest BCUT2D eigenvalue weighted by Crippen LogP contribution is 2.58. The summed E-state index contributed by atoms with van der Waals surface area (Å²) in [6.45, 7) is 27.8. The van der Waals surface area contributed by atoms with Gasteiger partial charge in [-0.2, -0.15) is 9.90 Å². The molecule has 0 aromatic heterocycles. The monoisotopic (exact) mass is 1480 g/mol. The average Bonchev–Trinajstić information content (AvgIpc) is 1.67. The van der Waals surface area contributed by atoms with Crippen LogP contribution < -0.4 is 39.4 Å². The minimum atomic E-state index is -0.766. The molecule has 2 N–H and O–H groups in total. The minimum absolute atomic E-state index is 0. The lowest BCUT2D eigenvalue weighted by molar-refractivity contribution is -0.119. The zero-order chi connectivity index (χ0) is 75.9. The maximum atomic E-state index is 16.3. The highest BCUT2D eigenvalue weighted by atomic mass is 31.0. The standard InChI is InChI=1S/C90H90N6O12.H3P/c1-87(2,3)53-23-31-59(32-24-53)105-69-43-65-75-66(84(100)95(83(65)99)49-73(97)93(57-19-15-13-16-20-57)41-39-91-47-63-51-103-63)45-71(107-61-35-27-55(28-36-61)89(7,8)9)79-80-72(108-62-37-29-56(30-38-62)90(10,11)12)46-68-76-67(44-70(78(82(76)80)77(69)81(75)79)106-60-33-25-54(26-34-60)88(4,5)6)85(101)96(86(68)102)50-74(98)94(58-21-17-14-18-22-58)42-40-92-48-64-52-104-64;/h13-38,43-46,63-64,91-92H,39-42,47-52H2,1-12H3;1H3. The van der Waals surface area contributed by atoms with Crippen LogP contribution in [0.5, 0.6) is 46.0 Å². The Labute approximate surface area is 638 Å². The molecule has 11 aromatic rings. The van der Waals surface area contributed by atoms with Crippen LogP contribution in [0.15, 0.2) is 182 Å². The number of amides is 6. The van der Waals surface area contributed by atoms with E-state index in [2.05, 4.69) is 93.7 Å². The normalized spacial score (nSPS) is 15.6. The van der Waals surface area contributed by atoms with Crippen molar-refractivity contribution < 1.29 is 57.2 Å². The van der Waals surface area contributed by atoms with E-state index in [1.165, 1.54) is 0 Å². The fraction of sp³-hybridized carbons (Fsp3) is 0.311. The summed E-state index contributed by atoms with van der Waals surface area (Å²) in [5.41, 5.74) is 4.39. The quantitative estimate of drug-likeness (QED) is 0.0144. The molecule has 3 unspecified atom stereocenters. The number of epoxide rings is 2. The summed E-state index contributed by atoms with van der Waals surface area (Å²) in [6.07, 6.45) is 0.186. The van der Waals surface area contributed by atoms with E-state index < -0.39 is 48.5 Å². The molecule has 0 aliphatic carbocycles. The minimum Gasteiger partial charge on any atom is -0.457 e. The van der Waals surface area contributed by atoms with Crippen LogP contribution in [0.2, 0.25) is 0 Å². The van der Waals surface area contributed by atoms with Gasteiger partial charge in [-0.05, 0) is 141 Å². The van der Waals surface area contributed by atoms with Crippen LogP contribution in [0.4, 0.5) is 11.4 Å². The summed E-state index contributed by atoms with van der Waals surface area (Å²) >= 11 is 0. The Kier molecular flexibility index (Phi) is 20.3. The Morgan fingerprint density at radius 2 is 0.624 bits per heavy atom. The molecule has 4 heterocycles. The lowest BCUT2D eigenvalue weighted by Crippen LogP contribution is -2.49. The van der Waals surface area contributed by atoms with Gasteiger partial charge in [0.25, 0.3) is 23.6 Å². The van der Waals surface area contributed by atoms with Gasteiger partial charge in [-0.1, -0.05) is 168 Å². The van der Waals surface area contributed by atoms with E-state index in [4.69, 9.17) is 28.4 Å². The SMILES string of the molecule is CC(C)(C)c1ccc(Oc2cc3c4c(cc(Oc5ccc(C(C)(C)C)cc5)c5c6c(Oc7ccc(C(C)(C)C)cc7)cc7c8c(cc(Oc9ccc(C(C)(C)C)cc9)c(c2c45)c86)C(=O)N(CC(=O)N(CCNCC2CO2)c2ccccc2)C7=O)C(=O)N(CC(=O)N(CCNCC2CO2)c2ccccc2)C3=O)cc1.P. The van der Waals surface area contributed by atoms with Crippen molar-refractivity contribution in [1.29, 1.82) is 0 Å². The summed E-state index contributed by atoms with van der Waals surface area (Å²) in [7, 11) is 0. The van der Waals surface area contributed by atoms with Crippen LogP contribution in [0.1, 0.15) is 147 Å². The highest BCUT2D eigenvalue weighted by molar-refractivity contribution is 6.92. The fourth-order valence-electron chi connectivity index (χ4n) is 14.5. The largest absolute Gasteiger partial charge is 0.457 e. The predicted molar refractivity (Wildman–Crippen MR) is 433 cm³/mol. The van der Waals surface area contributed by atoms with Crippen molar-refractivity contribution in [2.75, 3.05) is 75.4 Å². The number of benzene rings is 11. The molecule has 2 fully saturated rings. The summed E-state index contributed by atoms with van der Waals surface area (Å²) in [5, 5.41) is 9.11. The molecular weight excluding hydrogens is 1390 g/mol. The topological polar surface area (TPSA) is 201 Å². The second-order valence-corrected chi connectivity index (χ2v) is 32.7. The van der Waals surface area contributed by atoms with E-state index in [1.54, 1.807) is 34.1 Å². The molecule has 3 atom stereocenters. The molecule has 0 radical (unpaired) electrons. The molecule has 0 saturated carbocycles. The molecule has 19 heteroatoms. The average molecular weight is 1480 g/mol. The highest BCUT2D eigenvalue weighted by Gasteiger charge is 2.44. The molecule has 0 bridgehead atoms. The fourth-order valence-corrected chi connectivity index (χ4v) is 14.5. The van der Waals surface area contributed by atoms with Crippen LogP contribution in [0.3, 0.4) is 0 Å². The van der Waals surface area contributed by atoms with Crippen LogP contribution in [0, 0.1) is 0 Å². The number of nitrogens with zero attached hydrogens (tertiary/aromatic N) is 4. The van der Waals surface area contributed by atoms with Crippen LogP contribution in [0.25, 0.3) is 43.1 Å². The van der Waals surface area contributed by atoms with Gasteiger partial charge in [-0.3, -0.25) is 38.6 Å². The zero-order valence-electron chi connectivity index (χ0n) is 63.9. The predicted octanol–water partition coefficient (Wildman–Crippen LogP) is 17.4. The first-order valence-corrected chi connectivity index (χ1v) is 37.1. The third kappa shape index (κ3) is 15.2. The van der Waals surface area contributed by atoms with Crippen molar-refractivity contribution in [2.45, 2.75) is 117 Å². The zero-order valence-corrected chi connectivity index (χ0v) is 65.4. The number of fused-ring (bicyclic) bond motifs is 2. The number of carbonyl (C=O) groups excluding carboxylic acids is 6. The Morgan fingerprint density at radius 1 is 0.376 bits per heavy atom. The van der Waals surface area contributed by atoms with Gasteiger partial charge in [-0.25, -0.2) is 0 Å². The maximum Gasteiger partial charge on any atom is 0.262 e. The van der Waals surface area contributed by atoms with E-state index in [9.17, 15) is 0 Å². The van der Waals surface area contributed by atoms with Gasteiger partial charge < -0.3 is 48.9 Å². The van der Waals surface area contributed by atoms with Gasteiger partial charge in [0.2, 0.25) is 11.8 Å². The molecule has 0 spiro atoms. The van der Waals surface area contributed by atoms with Crippen molar-refractivity contribution in [2.24, 2.45) is 0 Å². The Morgan fingerprint density at radius 3 is 0.853 bits per heavy atom. The van der Waals surface area contributed by atoms with Gasteiger partial charge >= 0.3 is 0 Å². The number of nitrogens with one attached hydrogen (secondary N) is 2. The summed E-state index contributed by atoms with van der Waals surface area (Å²) in [5.74, 6) is -2.10. The molecule has 15 rings (SSSR count). The summed E-state index contributed by atoms with van der Waals surface area (Å²) < 4.78 is 40.3. The molecule has 2 saturated heterocycles. The number of imide groups is 2. The number of para-hydroxylation sites is 2. The van der Waals surface area contributed by atoms with Crippen molar-refractivity contribution in [3.63, 3.8) is 0 Å². The number of anilines is 2. The van der Waals surface area contributed by atoms with Gasteiger partial charge in [0, 0.05) is 93.7 Å². The first-order chi connectivity index (χ1) is 51.5. The maximum absolute atomic E-state index is 16.3. The Bertz CT molecular complexity index is 4770. The van der Waals surface area contributed by atoms with Gasteiger partial charge in [0.1, 0.15) is 59.1 Å². The Balaban J connectivity index is 0.00000992. The first kappa shape index (κ1) is 75.2. The van der Waals surface area contributed by atoms with Crippen molar-refractivity contribution in [3.05, 3.63) is 226 Å². The van der Waals surface area contributed by atoms with E-state index in [1.807, 2.05) is 158 Å². The van der Waals surface area contributed by atoms with Crippen molar-refractivity contribution >= 4 is 99.8 Å². The molecule has 6 amide bonds. The lowest BCUT2D eigenvalue weighted by Gasteiger charge is -2.33. The van der Waals surface area contributed by atoms with E-state index >= 15 is 28.8 Å². The molecule has 18 nitrogen and oxygen atoms in total. The van der Waals surface area contributed by atoms with Crippen molar-refractivity contribution in [1.82, 2.24) is 20.4 Å². The van der Waals surface area contributed by atoms with E-state index in [-0.39, 0.29) is 113 Å². The second-order valence-electron chi connectivity index (χ2n) is 32.7.